The molecular formula is C15H22N2O4. The van der Waals surface area contributed by atoms with E-state index in [4.69, 9.17) is 9.47 Å². The van der Waals surface area contributed by atoms with Gasteiger partial charge in [0.15, 0.2) is 0 Å². The van der Waals surface area contributed by atoms with Gasteiger partial charge in [-0.1, -0.05) is 37.3 Å². The van der Waals surface area contributed by atoms with Crippen LogP contribution in [0.15, 0.2) is 30.3 Å². The smallest absolute Gasteiger partial charge is 0.408 e. The third kappa shape index (κ3) is 5.83. The number of methoxy groups -OCH3 is 1. The van der Waals surface area contributed by atoms with Crippen molar-refractivity contribution in [2.24, 2.45) is 5.92 Å². The van der Waals surface area contributed by atoms with Crippen molar-refractivity contribution < 1.29 is 19.1 Å². The molecule has 0 aliphatic carbocycles. The van der Waals surface area contributed by atoms with E-state index in [9.17, 15) is 9.59 Å². The summed E-state index contributed by atoms with van der Waals surface area (Å²) in [5, 5.41) is 5.09. The summed E-state index contributed by atoms with van der Waals surface area (Å²) in [7, 11) is 3.07. The van der Waals surface area contributed by atoms with E-state index in [1.54, 1.807) is 7.11 Å². The molecule has 6 nitrogen and oxygen atoms in total. The number of nitrogens with one attached hydrogen (secondary N) is 2. The summed E-state index contributed by atoms with van der Waals surface area (Å²) in [5.74, 6) is -0.449. The van der Waals surface area contributed by atoms with Gasteiger partial charge in [-0.15, -0.1) is 0 Å². The minimum absolute atomic E-state index is 0.159. The topological polar surface area (TPSA) is 76.7 Å². The molecule has 6 heteroatoms. The molecule has 0 heterocycles. The van der Waals surface area contributed by atoms with Gasteiger partial charge < -0.3 is 20.1 Å². The third-order valence-corrected chi connectivity index (χ3v) is 3.01. The second kappa shape index (κ2) is 8.97. The molecule has 0 fully saturated rings. The lowest BCUT2D eigenvalue weighted by atomic mass is 10.0. The van der Waals surface area contributed by atoms with E-state index in [2.05, 4.69) is 10.6 Å². The molecule has 0 saturated heterocycles. The lowest BCUT2D eigenvalue weighted by molar-refractivity contribution is -0.124. The summed E-state index contributed by atoms with van der Waals surface area (Å²) in [5.41, 5.74) is 0.883. The minimum Gasteiger partial charge on any atom is -0.445 e. The number of hydrogen-bond donors (Lipinski definition) is 2. The first kappa shape index (κ1) is 17.0. The maximum absolute atomic E-state index is 11.8. The van der Waals surface area contributed by atoms with E-state index in [0.29, 0.717) is 6.61 Å². The van der Waals surface area contributed by atoms with Crippen molar-refractivity contribution in [3.05, 3.63) is 35.9 Å². The Hall–Kier alpha value is -2.08. The van der Waals surface area contributed by atoms with Crippen LogP contribution in [0.5, 0.6) is 0 Å². The molecule has 0 spiro atoms. The van der Waals surface area contributed by atoms with Crippen LogP contribution in [0.3, 0.4) is 0 Å². The van der Waals surface area contributed by atoms with Crippen LogP contribution in [0.1, 0.15) is 12.5 Å². The predicted octanol–water partition coefficient (Wildman–Crippen LogP) is 1.31. The monoisotopic (exact) mass is 294 g/mol. The fraction of sp³-hybridized carbons (Fsp3) is 0.467. The number of ether oxygens (including phenoxy) is 2. The van der Waals surface area contributed by atoms with Crippen LogP contribution < -0.4 is 10.6 Å². The molecular weight excluding hydrogens is 272 g/mol. The number of alkyl carbamates (subject to hydrolysis) is 1. The predicted molar refractivity (Wildman–Crippen MR) is 78.7 cm³/mol. The van der Waals surface area contributed by atoms with E-state index in [1.807, 2.05) is 37.3 Å². The number of carbonyl (C=O) groups is 2. The summed E-state index contributed by atoms with van der Waals surface area (Å²) in [6.45, 7) is 2.34. The number of hydrogen-bond acceptors (Lipinski definition) is 4. The molecule has 0 aliphatic rings. The lowest BCUT2D eigenvalue weighted by Crippen LogP contribution is -2.50. The summed E-state index contributed by atoms with van der Waals surface area (Å²) in [6.07, 6.45) is -0.629. The zero-order valence-electron chi connectivity index (χ0n) is 12.6. The van der Waals surface area contributed by atoms with Gasteiger partial charge in [0.2, 0.25) is 5.91 Å². The van der Waals surface area contributed by atoms with Crippen molar-refractivity contribution in [2.75, 3.05) is 20.8 Å². The molecule has 0 saturated carbocycles. The quantitative estimate of drug-likeness (QED) is 0.795. The average Bonchev–Trinajstić information content (AvgIpc) is 2.51. The van der Waals surface area contributed by atoms with Crippen molar-refractivity contribution in [3.8, 4) is 0 Å². The van der Waals surface area contributed by atoms with Crippen LogP contribution in [-0.2, 0) is 20.9 Å². The van der Waals surface area contributed by atoms with Gasteiger partial charge in [0, 0.05) is 20.1 Å². The molecule has 0 bridgehead atoms. The molecule has 1 aromatic rings. The number of carbonyl (C=O) groups excluding carboxylic acids is 2. The number of likely N-dealkylation sites (N-methyl/N-ethyl adjacent to an activating group) is 1. The Bertz CT molecular complexity index is 450. The zero-order chi connectivity index (χ0) is 15.7. The van der Waals surface area contributed by atoms with E-state index >= 15 is 0 Å². The normalized spacial score (nSPS) is 13.1. The van der Waals surface area contributed by atoms with Crippen molar-refractivity contribution in [1.82, 2.24) is 10.6 Å². The zero-order valence-corrected chi connectivity index (χ0v) is 12.6. The van der Waals surface area contributed by atoms with Gasteiger partial charge in [0.25, 0.3) is 0 Å². The summed E-state index contributed by atoms with van der Waals surface area (Å²) in [6, 6.07) is 8.64. The molecule has 2 atom stereocenters. The molecule has 2 amide bonds. The highest BCUT2D eigenvalue weighted by molar-refractivity contribution is 5.85. The molecule has 0 aliphatic heterocycles. The molecule has 2 N–H and O–H groups in total. The van der Waals surface area contributed by atoms with Crippen LogP contribution in [0, 0.1) is 5.92 Å². The fourth-order valence-corrected chi connectivity index (χ4v) is 1.87. The van der Waals surface area contributed by atoms with Gasteiger partial charge >= 0.3 is 6.09 Å². The van der Waals surface area contributed by atoms with E-state index in [1.165, 1.54) is 7.05 Å². The second-order valence-electron chi connectivity index (χ2n) is 4.73. The minimum atomic E-state index is -0.696. The van der Waals surface area contributed by atoms with Gasteiger partial charge in [0.05, 0.1) is 6.61 Å². The second-order valence-corrected chi connectivity index (χ2v) is 4.73. The van der Waals surface area contributed by atoms with Crippen molar-refractivity contribution in [1.29, 1.82) is 0 Å². The van der Waals surface area contributed by atoms with Crippen LogP contribution in [0.4, 0.5) is 4.79 Å². The van der Waals surface area contributed by atoms with Crippen molar-refractivity contribution in [2.45, 2.75) is 19.6 Å². The molecule has 1 rings (SSSR count). The van der Waals surface area contributed by atoms with Gasteiger partial charge in [-0.05, 0) is 5.56 Å². The van der Waals surface area contributed by atoms with Gasteiger partial charge in [0.1, 0.15) is 12.6 Å². The Morgan fingerprint density at radius 2 is 1.90 bits per heavy atom. The highest BCUT2D eigenvalue weighted by Crippen LogP contribution is 2.06. The standard InChI is InChI=1S/C15H22N2O4/c1-11(9-20-3)13(14(18)16-2)17-15(19)21-10-12-7-5-4-6-8-12/h4-8,11,13H,9-10H2,1-3H3,(H,16,18)(H,17,19)/t11-,13+/m1/s1. The molecule has 0 aromatic heterocycles. The highest BCUT2D eigenvalue weighted by Gasteiger charge is 2.26. The summed E-state index contributed by atoms with van der Waals surface area (Å²) < 4.78 is 10.1. The average molecular weight is 294 g/mol. The summed E-state index contributed by atoms with van der Waals surface area (Å²) in [4.78, 5) is 23.6. The van der Waals surface area contributed by atoms with E-state index in [0.717, 1.165) is 5.56 Å². The Kier molecular flexibility index (Phi) is 7.25. The molecule has 116 valence electrons. The Labute approximate surface area is 124 Å². The highest BCUT2D eigenvalue weighted by atomic mass is 16.5. The van der Waals surface area contributed by atoms with Crippen LogP contribution in [-0.4, -0.2) is 38.8 Å². The fourth-order valence-electron chi connectivity index (χ4n) is 1.87. The van der Waals surface area contributed by atoms with Crippen LogP contribution >= 0.6 is 0 Å². The Balaban J connectivity index is 2.53. The maximum atomic E-state index is 11.8. The molecule has 1 aromatic carbocycles. The van der Waals surface area contributed by atoms with Gasteiger partial charge in [-0.2, -0.15) is 0 Å². The molecule has 0 radical (unpaired) electrons. The largest absolute Gasteiger partial charge is 0.445 e. The summed E-state index contributed by atoms with van der Waals surface area (Å²) >= 11 is 0. The molecule has 21 heavy (non-hydrogen) atoms. The van der Waals surface area contributed by atoms with Crippen LogP contribution in [0.25, 0.3) is 0 Å². The first-order valence-corrected chi connectivity index (χ1v) is 6.76. The lowest BCUT2D eigenvalue weighted by Gasteiger charge is -2.22. The number of amides is 2. The maximum Gasteiger partial charge on any atom is 0.408 e. The SMILES string of the molecule is CNC(=O)[C@@H](NC(=O)OCc1ccccc1)[C@H](C)COC. The van der Waals surface area contributed by atoms with Gasteiger partial charge in [-0.3, -0.25) is 4.79 Å². The van der Waals surface area contributed by atoms with Gasteiger partial charge in [-0.25, -0.2) is 4.79 Å². The Morgan fingerprint density at radius 3 is 2.48 bits per heavy atom. The number of rotatable bonds is 7. The van der Waals surface area contributed by atoms with E-state index < -0.39 is 12.1 Å². The number of benzene rings is 1. The molecule has 0 unspecified atom stereocenters. The van der Waals surface area contributed by atoms with Crippen molar-refractivity contribution >= 4 is 12.0 Å². The van der Waals surface area contributed by atoms with Crippen LogP contribution in [0.2, 0.25) is 0 Å². The third-order valence-electron chi connectivity index (χ3n) is 3.01. The Morgan fingerprint density at radius 1 is 1.24 bits per heavy atom. The first-order valence-electron chi connectivity index (χ1n) is 6.76. The first-order chi connectivity index (χ1) is 10.1. The van der Waals surface area contributed by atoms with E-state index in [-0.39, 0.29) is 18.4 Å². The van der Waals surface area contributed by atoms with Crippen molar-refractivity contribution in [3.63, 3.8) is 0 Å².